The Morgan fingerprint density at radius 2 is 2.25 bits per heavy atom. The lowest BCUT2D eigenvalue weighted by molar-refractivity contribution is 0.142. The molecular weight excluding hydrogens is 250 g/mol. The molecule has 1 aliphatic rings. The number of aliphatic hydroxyl groups is 1. The van der Waals surface area contributed by atoms with Gasteiger partial charge in [0.25, 0.3) is 0 Å². The van der Waals surface area contributed by atoms with Crippen LogP contribution in [-0.2, 0) is 17.8 Å². The maximum Gasteiger partial charge on any atom is 0.0873 e. The van der Waals surface area contributed by atoms with Crippen LogP contribution in [0.15, 0.2) is 42.6 Å². The molecular formula is C17H19NO2. The number of fused-ring (bicyclic) bond motifs is 1. The van der Waals surface area contributed by atoms with Crippen molar-refractivity contribution < 1.29 is 9.84 Å². The van der Waals surface area contributed by atoms with Gasteiger partial charge in [0.05, 0.1) is 12.7 Å². The molecule has 1 heterocycles. The van der Waals surface area contributed by atoms with Crippen molar-refractivity contribution in [3.63, 3.8) is 0 Å². The fourth-order valence-corrected chi connectivity index (χ4v) is 3.02. The SMILES string of the molecule is COCc1cccc(C(O)C2CCc3cccnc32)c1. The minimum Gasteiger partial charge on any atom is -0.388 e. The quantitative estimate of drug-likeness (QED) is 0.927. The third-order valence-electron chi connectivity index (χ3n) is 3.99. The largest absolute Gasteiger partial charge is 0.388 e. The second-order valence-electron chi connectivity index (χ2n) is 5.32. The normalized spacial score (nSPS) is 18.8. The van der Waals surface area contributed by atoms with Gasteiger partial charge in [-0.05, 0) is 35.6 Å². The zero-order valence-corrected chi connectivity index (χ0v) is 11.6. The van der Waals surface area contributed by atoms with Crippen molar-refractivity contribution in [3.8, 4) is 0 Å². The second-order valence-corrected chi connectivity index (χ2v) is 5.32. The summed E-state index contributed by atoms with van der Waals surface area (Å²) in [4.78, 5) is 4.46. The van der Waals surface area contributed by atoms with Crippen LogP contribution < -0.4 is 0 Å². The lowest BCUT2D eigenvalue weighted by atomic mass is 9.92. The van der Waals surface area contributed by atoms with Crippen LogP contribution in [0.25, 0.3) is 0 Å². The fraction of sp³-hybridized carbons (Fsp3) is 0.353. The van der Waals surface area contributed by atoms with E-state index >= 15 is 0 Å². The summed E-state index contributed by atoms with van der Waals surface area (Å²) in [6.07, 6.45) is 3.28. The van der Waals surface area contributed by atoms with Gasteiger partial charge in [-0.2, -0.15) is 0 Å². The summed E-state index contributed by atoms with van der Waals surface area (Å²) in [5.74, 6) is 0.101. The smallest absolute Gasteiger partial charge is 0.0873 e. The Hall–Kier alpha value is -1.71. The van der Waals surface area contributed by atoms with Crippen molar-refractivity contribution >= 4 is 0 Å². The lowest BCUT2D eigenvalue weighted by Gasteiger charge is -2.19. The van der Waals surface area contributed by atoms with Crippen molar-refractivity contribution in [2.75, 3.05) is 7.11 Å². The van der Waals surface area contributed by atoms with E-state index in [0.29, 0.717) is 6.61 Å². The summed E-state index contributed by atoms with van der Waals surface area (Å²) < 4.78 is 5.15. The number of ether oxygens (including phenoxy) is 1. The van der Waals surface area contributed by atoms with E-state index in [0.717, 1.165) is 29.7 Å². The average molecular weight is 269 g/mol. The molecule has 0 bridgehead atoms. The highest BCUT2D eigenvalue weighted by Crippen LogP contribution is 2.40. The number of hydrogen-bond donors (Lipinski definition) is 1. The highest BCUT2D eigenvalue weighted by atomic mass is 16.5. The number of aromatic nitrogens is 1. The zero-order valence-electron chi connectivity index (χ0n) is 11.6. The van der Waals surface area contributed by atoms with Gasteiger partial charge in [-0.3, -0.25) is 4.98 Å². The van der Waals surface area contributed by atoms with Gasteiger partial charge in [0.15, 0.2) is 0 Å². The monoisotopic (exact) mass is 269 g/mol. The first-order valence-electron chi connectivity index (χ1n) is 6.99. The summed E-state index contributed by atoms with van der Waals surface area (Å²) in [6.45, 7) is 0.570. The van der Waals surface area contributed by atoms with Gasteiger partial charge in [-0.1, -0.05) is 30.3 Å². The van der Waals surface area contributed by atoms with Crippen LogP contribution in [0.5, 0.6) is 0 Å². The van der Waals surface area contributed by atoms with Crippen molar-refractivity contribution in [1.82, 2.24) is 4.98 Å². The molecule has 0 saturated carbocycles. The Kier molecular flexibility index (Phi) is 3.81. The van der Waals surface area contributed by atoms with Crippen molar-refractivity contribution in [1.29, 1.82) is 0 Å². The van der Waals surface area contributed by atoms with Crippen LogP contribution >= 0.6 is 0 Å². The van der Waals surface area contributed by atoms with Gasteiger partial charge in [-0.15, -0.1) is 0 Å². The number of aryl methyl sites for hydroxylation is 1. The molecule has 1 aromatic heterocycles. The Morgan fingerprint density at radius 3 is 3.10 bits per heavy atom. The number of benzene rings is 1. The number of methoxy groups -OCH3 is 1. The van der Waals surface area contributed by atoms with E-state index in [1.54, 1.807) is 7.11 Å². The van der Waals surface area contributed by atoms with Crippen LogP contribution in [0.1, 0.15) is 40.8 Å². The standard InChI is InChI=1S/C17H19NO2/c1-20-11-12-4-2-5-14(10-12)17(19)15-8-7-13-6-3-9-18-16(13)15/h2-6,9-10,15,17,19H,7-8,11H2,1H3. The minimum atomic E-state index is -0.497. The topological polar surface area (TPSA) is 42.4 Å². The molecule has 2 aromatic rings. The van der Waals surface area contributed by atoms with Crippen molar-refractivity contribution in [3.05, 3.63) is 65.0 Å². The third-order valence-corrected chi connectivity index (χ3v) is 3.99. The Bertz CT molecular complexity index is 597. The van der Waals surface area contributed by atoms with Crippen LogP contribution in [0.2, 0.25) is 0 Å². The highest BCUT2D eigenvalue weighted by molar-refractivity contribution is 5.33. The van der Waals surface area contributed by atoms with E-state index in [4.69, 9.17) is 4.74 Å². The molecule has 0 spiro atoms. The molecule has 3 rings (SSSR count). The van der Waals surface area contributed by atoms with Gasteiger partial charge in [-0.25, -0.2) is 0 Å². The zero-order chi connectivity index (χ0) is 13.9. The van der Waals surface area contributed by atoms with Gasteiger partial charge in [0, 0.05) is 24.9 Å². The molecule has 0 fully saturated rings. The molecule has 1 aromatic carbocycles. The summed E-state index contributed by atoms with van der Waals surface area (Å²) >= 11 is 0. The Balaban J connectivity index is 1.86. The molecule has 3 heteroatoms. The van der Waals surface area contributed by atoms with Gasteiger partial charge in [0.2, 0.25) is 0 Å². The first kappa shape index (κ1) is 13.3. The van der Waals surface area contributed by atoms with E-state index in [1.165, 1.54) is 5.56 Å². The van der Waals surface area contributed by atoms with Gasteiger partial charge in [0.1, 0.15) is 0 Å². The average Bonchev–Trinajstić information content (AvgIpc) is 2.91. The summed E-state index contributed by atoms with van der Waals surface area (Å²) in [5, 5.41) is 10.7. The van der Waals surface area contributed by atoms with Gasteiger partial charge >= 0.3 is 0 Å². The maximum absolute atomic E-state index is 10.7. The van der Waals surface area contributed by atoms with Crippen LogP contribution in [0.4, 0.5) is 0 Å². The highest BCUT2D eigenvalue weighted by Gasteiger charge is 2.30. The molecule has 20 heavy (non-hydrogen) atoms. The Labute approximate surface area is 119 Å². The first-order valence-corrected chi connectivity index (χ1v) is 6.99. The number of pyridine rings is 1. The maximum atomic E-state index is 10.7. The number of rotatable bonds is 4. The number of hydrogen-bond acceptors (Lipinski definition) is 3. The van der Waals surface area contributed by atoms with E-state index in [9.17, 15) is 5.11 Å². The van der Waals surface area contributed by atoms with Gasteiger partial charge < -0.3 is 9.84 Å². The molecule has 0 saturated heterocycles. The molecule has 0 amide bonds. The molecule has 3 nitrogen and oxygen atoms in total. The predicted molar refractivity (Wildman–Crippen MR) is 77.4 cm³/mol. The first-order chi connectivity index (χ1) is 9.79. The van der Waals surface area contributed by atoms with E-state index in [2.05, 4.69) is 11.1 Å². The third kappa shape index (κ3) is 2.47. The molecule has 2 unspecified atom stereocenters. The van der Waals surface area contributed by atoms with E-state index < -0.39 is 6.10 Å². The molecule has 2 atom stereocenters. The van der Waals surface area contributed by atoms with E-state index in [-0.39, 0.29) is 5.92 Å². The van der Waals surface area contributed by atoms with Crippen LogP contribution in [0, 0.1) is 0 Å². The number of aliphatic hydroxyl groups excluding tert-OH is 1. The minimum absolute atomic E-state index is 0.101. The fourth-order valence-electron chi connectivity index (χ4n) is 3.02. The summed E-state index contributed by atoms with van der Waals surface area (Å²) in [5.41, 5.74) is 4.35. The number of nitrogens with zero attached hydrogens (tertiary/aromatic N) is 1. The summed E-state index contributed by atoms with van der Waals surface area (Å²) in [7, 11) is 1.68. The predicted octanol–water partition coefficient (Wildman–Crippen LogP) is 2.99. The second kappa shape index (κ2) is 5.73. The molecule has 1 N–H and O–H groups in total. The molecule has 0 aliphatic heterocycles. The summed E-state index contributed by atoms with van der Waals surface area (Å²) in [6, 6.07) is 12.1. The van der Waals surface area contributed by atoms with Crippen LogP contribution in [0.3, 0.4) is 0 Å². The van der Waals surface area contributed by atoms with Crippen molar-refractivity contribution in [2.24, 2.45) is 0 Å². The van der Waals surface area contributed by atoms with Crippen LogP contribution in [-0.4, -0.2) is 17.2 Å². The molecule has 104 valence electrons. The Morgan fingerprint density at radius 1 is 1.35 bits per heavy atom. The molecule has 0 radical (unpaired) electrons. The van der Waals surface area contributed by atoms with Crippen molar-refractivity contribution in [2.45, 2.75) is 31.5 Å². The lowest BCUT2D eigenvalue weighted by Crippen LogP contribution is -2.09. The van der Waals surface area contributed by atoms with E-state index in [1.807, 2.05) is 36.5 Å². The molecule has 1 aliphatic carbocycles.